The van der Waals surface area contributed by atoms with Crippen molar-refractivity contribution in [3.8, 4) is 0 Å². The van der Waals surface area contributed by atoms with Gasteiger partial charge in [0.2, 0.25) is 5.95 Å². The second kappa shape index (κ2) is 5.80. The fourth-order valence-electron chi connectivity index (χ4n) is 1.55. The molecule has 0 radical (unpaired) electrons. The highest BCUT2D eigenvalue weighted by Gasteiger charge is 2.19. The van der Waals surface area contributed by atoms with Gasteiger partial charge in [0.15, 0.2) is 0 Å². The van der Waals surface area contributed by atoms with Crippen LogP contribution in [0.4, 0.5) is 5.95 Å². The second-order valence-electron chi connectivity index (χ2n) is 5.34. The van der Waals surface area contributed by atoms with E-state index in [1.807, 2.05) is 13.0 Å². The number of nitrogens with one attached hydrogen (secondary N) is 1. The summed E-state index contributed by atoms with van der Waals surface area (Å²) in [6.07, 6.45) is 3.00. The normalized spacial score (nSPS) is 13.1. The van der Waals surface area contributed by atoms with Gasteiger partial charge in [0.25, 0.3) is 0 Å². The van der Waals surface area contributed by atoms with Gasteiger partial charge in [-0.2, -0.15) is 0 Å². The molecule has 0 bridgehead atoms. The minimum atomic E-state index is -0.874. The van der Waals surface area contributed by atoms with Crippen LogP contribution >= 0.6 is 0 Å². The van der Waals surface area contributed by atoms with Crippen LogP contribution in [-0.4, -0.2) is 27.1 Å². The number of hydrogen-bond donors (Lipinski definition) is 2. The van der Waals surface area contributed by atoms with Crippen molar-refractivity contribution in [2.45, 2.75) is 52.0 Å². The van der Waals surface area contributed by atoms with E-state index in [-0.39, 0.29) is 5.41 Å². The van der Waals surface area contributed by atoms with E-state index in [9.17, 15) is 4.79 Å². The number of rotatable bonds is 5. The molecule has 1 unspecified atom stereocenters. The lowest BCUT2D eigenvalue weighted by molar-refractivity contribution is -0.138. The molecule has 0 aliphatic rings. The van der Waals surface area contributed by atoms with Crippen LogP contribution in [0.5, 0.6) is 0 Å². The quantitative estimate of drug-likeness (QED) is 0.840. The van der Waals surface area contributed by atoms with Crippen molar-refractivity contribution in [3.05, 3.63) is 18.0 Å². The predicted octanol–water partition coefficient (Wildman–Crippen LogP) is 2.44. The zero-order chi connectivity index (χ0) is 13.8. The first-order valence-corrected chi connectivity index (χ1v) is 6.17. The molecular formula is C13H21N3O2. The van der Waals surface area contributed by atoms with Gasteiger partial charge >= 0.3 is 5.97 Å². The van der Waals surface area contributed by atoms with E-state index in [1.54, 1.807) is 6.20 Å². The van der Waals surface area contributed by atoms with Gasteiger partial charge in [-0.15, -0.1) is 0 Å². The van der Waals surface area contributed by atoms with E-state index < -0.39 is 12.0 Å². The highest BCUT2D eigenvalue weighted by atomic mass is 16.4. The summed E-state index contributed by atoms with van der Waals surface area (Å²) in [6, 6.07) is 1.21. The maximum absolute atomic E-state index is 11.1. The van der Waals surface area contributed by atoms with Crippen molar-refractivity contribution in [1.29, 1.82) is 0 Å². The minimum Gasteiger partial charge on any atom is -0.480 e. The smallest absolute Gasteiger partial charge is 0.326 e. The molecule has 0 saturated heterocycles. The molecule has 0 amide bonds. The highest BCUT2D eigenvalue weighted by Crippen LogP contribution is 2.20. The van der Waals surface area contributed by atoms with Crippen LogP contribution in [0.15, 0.2) is 12.3 Å². The van der Waals surface area contributed by atoms with Crippen molar-refractivity contribution in [3.63, 3.8) is 0 Å². The Morgan fingerprint density at radius 3 is 2.67 bits per heavy atom. The Balaban J connectivity index is 2.87. The summed E-state index contributed by atoms with van der Waals surface area (Å²) in [4.78, 5) is 19.5. The van der Waals surface area contributed by atoms with E-state index >= 15 is 0 Å². The molecule has 5 heteroatoms. The van der Waals surface area contributed by atoms with Crippen LogP contribution in [0.25, 0.3) is 0 Å². The first kappa shape index (κ1) is 14.4. The Morgan fingerprint density at radius 1 is 1.50 bits per heavy atom. The van der Waals surface area contributed by atoms with E-state index in [2.05, 4.69) is 36.1 Å². The van der Waals surface area contributed by atoms with E-state index in [0.29, 0.717) is 12.4 Å². The van der Waals surface area contributed by atoms with E-state index in [1.165, 1.54) is 0 Å². The van der Waals surface area contributed by atoms with Crippen LogP contribution in [0.3, 0.4) is 0 Å². The van der Waals surface area contributed by atoms with Gasteiger partial charge in [0, 0.05) is 11.6 Å². The molecule has 2 N–H and O–H groups in total. The molecule has 18 heavy (non-hydrogen) atoms. The summed E-state index contributed by atoms with van der Waals surface area (Å²) in [7, 11) is 0. The fraction of sp³-hybridized carbons (Fsp3) is 0.615. The number of carboxylic acids is 1. The molecular weight excluding hydrogens is 230 g/mol. The van der Waals surface area contributed by atoms with Crippen molar-refractivity contribution >= 4 is 11.9 Å². The van der Waals surface area contributed by atoms with E-state index in [0.717, 1.165) is 12.1 Å². The molecule has 0 aromatic carbocycles. The maximum Gasteiger partial charge on any atom is 0.326 e. The van der Waals surface area contributed by atoms with Gasteiger partial charge in [-0.25, -0.2) is 14.8 Å². The summed E-state index contributed by atoms with van der Waals surface area (Å²) in [5, 5.41) is 11.9. The maximum atomic E-state index is 11.1. The predicted molar refractivity (Wildman–Crippen MR) is 70.7 cm³/mol. The molecule has 5 nitrogen and oxygen atoms in total. The lowest BCUT2D eigenvalue weighted by atomic mass is 9.92. The first-order valence-electron chi connectivity index (χ1n) is 6.17. The van der Waals surface area contributed by atoms with Crippen LogP contribution in [0.2, 0.25) is 0 Å². The van der Waals surface area contributed by atoms with Gasteiger partial charge in [0.05, 0.1) is 5.69 Å². The summed E-state index contributed by atoms with van der Waals surface area (Å²) in [6.45, 7) is 8.11. The van der Waals surface area contributed by atoms with Crippen molar-refractivity contribution < 1.29 is 9.90 Å². The van der Waals surface area contributed by atoms with Gasteiger partial charge in [-0.1, -0.05) is 34.1 Å². The molecule has 0 fully saturated rings. The Kier molecular flexibility index (Phi) is 4.64. The molecule has 0 aliphatic carbocycles. The Labute approximate surface area is 108 Å². The average molecular weight is 251 g/mol. The Bertz CT molecular complexity index is 413. The number of aliphatic carboxylic acids is 1. The number of hydrogen-bond acceptors (Lipinski definition) is 4. The molecule has 1 aromatic heterocycles. The van der Waals surface area contributed by atoms with Crippen molar-refractivity contribution in [2.75, 3.05) is 5.32 Å². The third-order valence-corrected chi connectivity index (χ3v) is 2.60. The Morgan fingerprint density at radius 2 is 2.17 bits per heavy atom. The number of nitrogens with zero attached hydrogens (tertiary/aromatic N) is 2. The standard InChI is InChI=1S/C13H21N3O2/c1-5-6-9(11(17)18)15-12-14-8-7-10(16-12)13(2,3)4/h7-9H,5-6H2,1-4H3,(H,17,18)(H,14,15,16). The zero-order valence-corrected chi connectivity index (χ0v) is 11.4. The molecule has 0 aliphatic heterocycles. The molecule has 0 saturated carbocycles. The van der Waals surface area contributed by atoms with Crippen molar-refractivity contribution in [2.24, 2.45) is 0 Å². The summed E-state index contributed by atoms with van der Waals surface area (Å²) in [5.41, 5.74) is 0.809. The largest absolute Gasteiger partial charge is 0.480 e. The third-order valence-electron chi connectivity index (χ3n) is 2.60. The van der Waals surface area contributed by atoms with Gasteiger partial charge in [-0.05, 0) is 12.5 Å². The highest BCUT2D eigenvalue weighted by molar-refractivity contribution is 5.76. The van der Waals surface area contributed by atoms with Crippen LogP contribution in [-0.2, 0) is 10.2 Å². The van der Waals surface area contributed by atoms with Crippen LogP contribution in [0, 0.1) is 0 Å². The third kappa shape index (κ3) is 3.98. The van der Waals surface area contributed by atoms with Crippen LogP contribution < -0.4 is 5.32 Å². The molecule has 100 valence electrons. The molecule has 1 aromatic rings. The SMILES string of the molecule is CCCC(Nc1nccc(C(C)(C)C)n1)C(=O)O. The van der Waals surface area contributed by atoms with Gasteiger partial charge in [0.1, 0.15) is 6.04 Å². The molecule has 1 atom stereocenters. The zero-order valence-electron chi connectivity index (χ0n) is 11.4. The van der Waals surface area contributed by atoms with Crippen molar-refractivity contribution in [1.82, 2.24) is 9.97 Å². The lowest BCUT2D eigenvalue weighted by Crippen LogP contribution is -2.30. The number of aromatic nitrogens is 2. The van der Waals surface area contributed by atoms with Gasteiger partial charge in [-0.3, -0.25) is 0 Å². The van der Waals surface area contributed by atoms with Gasteiger partial charge < -0.3 is 10.4 Å². The topological polar surface area (TPSA) is 75.1 Å². The molecule has 1 heterocycles. The number of carbonyl (C=O) groups is 1. The van der Waals surface area contributed by atoms with Crippen LogP contribution in [0.1, 0.15) is 46.2 Å². The first-order chi connectivity index (χ1) is 8.34. The summed E-state index contributed by atoms with van der Waals surface area (Å²) in [5.74, 6) is -0.495. The average Bonchev–Trinajstić information content (AvgIpc) is 2.27. The number of anilines is 1. The Hall–Kier alpha value is -1.65. The second-order valence-corrected chi connectivity index (χ2v) is 5.34. The fourth-order valence-corrected chi connectivity index (χ4v) is 1.55. The molecule has 0 spiro atoms. The monoisotopic (exact) mass is 251 g/mol. The summed E-state index contributed by atoms with van der Waals surface area (Å²) < 4.78 is 0. The lowest BCUT2D eigenvalue weighted by Gasteiger charge is -2.19. The van der Waals surface area contributed by atoms with E-state index in [4.69, 9.17) is 5.11 Å². The summed E-state index contributed by atoms with van der Waals surface area (Å²) >= 11 is 0. The molecule has 1 rings (SSSR count). The minimum absolute atomic E-state index is 0.0805. The number of carboxylic acid groups (broad SMARTS) is 1.